The Labute approximate surface area is 148 Å². The molecule has 0 saturated carbocycles. The van der Waals surface area contributed by atoms with Gasteiger partial charge in [-0.05, 0) is 35.2 Å². The molecule has 0 aliphatic rings. The molecular weight excluding hydrogens is 314 g/mol. The minimum atomic E-state index is 0.151. The fourth-order valence-electron chi connectivity index (χ4n) is 2.35. The Hall–Kier alpha value is -2.82. The van der Waals surface area contributed by atoms with E-state index < -0.39 is 0 Å². The van der Waals surface area contributed by atoms with Crippen LogP contribution in [0.4, 0.5) is 5.69 Å². The van der Waals surface area contributed by atoms with Crippen molar-refractivity contribution < 1.29 is 9.15 Å². The number of nitrogens with zero attached hydrogens (tertiary/aromatic N) is 2. The Balaban J connectivity index is 1.51. The number of hydrogen-bond acceptors (Lipinski definition) is 5. The van der Waals surface area contributed by atoms with E-state index >= 15 is 0 Å². The Morgan fingerprint density at radius 2 is 1.60 bits per heavy atom. The molecule has 0 unspecified atom stereocenters. The molecule has 3 rings (SSSR count). The van der Waals surface area contributed by atoms with Gasteiger partial charge in [-0.25, -0.2) is 0 Å². The van der Waals surface area contributed by atoms with Crippen LogP contribution in [0.25, 0.3) is 0 Å². The van der Waals surface area contributed by atoms with Gasteiger partial charge < -0.3 is 14.5 Å². The van der Waals surface area contributed by atoms with E-state index in [1.807, 2.05) is 30.3 Å². The highest BCUT2D eigenvalue weighted by atomic mass is 16.5. The highest BCUT2D eigenvalue weighted by Gasteiger charge is 2.13. The third-order valence-corrected chi connectivity index (χ3v) is 3.81. The summed E-state index contributed by atoms with van der Waals surface area (Å²) in [6.07, 6.45) is 0. The summed E-state index contributed by atoms with van der Waals surface area (Å²) in [6.45, 7) is 7.34. The lowest BCUT2D eigenvalue weighted by Crippen LogP contribution is -2.10. The van der Waals surface area contributed by atoms with Crippen molar-refractivity contribution in [1.82, 2.24) is 10.2 Å². The number of nitrogens with one attached hydrogen (secondary N) is 1. The van der Waals surface area contributed by atoms with Crippen LogP contribution in [0.1, 0.15) is 38.1 Å². The van der Waals surface area contributed by atoms with Crippen LogP contribution in [0.15, 0.2) is 59.0 Å². The van der Waals surface area contributed by atoms with Crippen LogP contribution in [0.5, 0.6) is 5.75 Å². The van der Waals surface area contributed by atoms with E-state index in [0.717, 1.165) is 11.4 Å². The van der Waals surface area contributed by atoms with Crippen molar-refractivity contribution in [3.05, 3.63) is 71.9 Å². The third-order valence-electron chi connectivity index (χ3n) is 3.81. The molecule has 5 heteroatoms. The molecule has 0 atom stereocenters. The van der Waals surface area contributed by atoms with Crippen molar-refractivity contribution in [3.63, 3.8) is 0 Å². The lowest BCUT2D eigenvalue weighted by atomic mass is 9.87. The van der Waals surface area contributed by atoms with Gasteiger partial charge in [0.25, 0.3) is 5.89 Å². The van der Waals surface area contributed by atoms with Crippen LogP contribution >= 0.6 is 0 Å². The molecule has 0 radical (unpaired) electrons. The summed E-state index contributed by atoms with van der Waals surface area (Å²) in [5, 5.41) is 11.3. The minimum absolute atomic E-state index is 0.151. The van der Waals surface area contributed by atoms with Crippen molar-refractivity contribution >= 4 is 5.69 Å². The summed E-state index contributed by atoms with van der Waals surface area (Å²) in [6, 6.07) is 18.0. The average Bonchev–Trinajstić information content (AvgIpc) is 3.07. The van der Waals surface area contributed by atoms with E-state index in [2.05, 4.69) is 60.6 Å². The summed E-state index contributed by atoms with van der Waals surface area (Å²) in [4.78, 5) is 0. The first kappa shape index (κ1) is 17.0. The lowest BCUT2D eigenvalue weighted by molar-refractivity contribution is 0.259. The maximum Gasteiger partial charge on any atom is 0.253 e. The maximum absolute atomic E-state index is 5.60. The number of ether oxygens (including phenoxy) is 1. The molecular formula is C20H23N3O2. The normalized spacial score (nSPS) is 11.3. The van der Waals surface area contributed by atoms with E-state index in [9.17, 15) is 0 Å². The largest absolute Gasteiger partial charge is 0.484 e. The molecule has 1 aromatic heterocycles. The lowest BCUT2D eigenvalue weighted by Gasteiger charge is -2.19. The van der Waals surface area contributed by atoms with Gasteiger partial charge in [-0.15, -0.1) is 10.2 Å². The first-order valence-corrected chi connectivity index (χ1v) is 8.34. The fourth-order valence-corrected chi connectivity index (χ4v) is 2.35. The monoisotopic (exact) mass is 337 g/mol. The molecule has 130 valence electrons. The number of anilines is 1. The van der Waals surface area contributed by atoms with Gasteiger partial charge >= 0.3 is 0 Å². The number of aromatic nitrogens is 2. The van der Waals surface area contributed by atoms with E-state index in [0.29, 0.717) is 18.3 Å². The van der Waals surface area contributed by atoms with Crippen LogP contribution in [-0.4, -0.2) is 10.2 Å². The smallest absolute Gasteiger partial charge is 0.253 e. The van der Waals surface area contributed by atoms with Gasteiger partial charge in [0.1, 0.15) is 5.75 Å². The number of benzene rings is 2. The number of hydrogen-bond donors (Lipinski definition) is 1. The van der Waals surface area contributed by atoms with E-state index in [4.69, 9.17) is 9.15 Å². The maximum atomic E-state index is 5.60. The molecule has 0 aliphatic carbocycles. The average molecular weight is 337 g/mol. The van der Waals surface area contributed by atoms with Gasteiger partial charge in [-0.3, -0.25) is 0 Å². The SMILES string of the molecule is CC(C)(C)c1ccc(NCc2nnc(COc3ccccc3)o2)cc1. The van der Waals surface area contributed by atoms with Crippen molar-refractivity contribution in [2.24, 2.45) is 0 Å². The highest BCUT2D eigenvalue weighted by Crippen LogP contribution is 2.23. The summed E-state index contributed by atoms with van der Waals surface area (Å²) < 4.78 is 11.2. The fraction of sp³-hybridized carbons (Fsp3) is 0.300. The Morgan fingerprint density at radius 1 is 0.920 bits per heavy atom. The standard InChI is InChI=1S/C20H23N3O2/c1-20(2,3)15-9-11-16(12-10-15)21-13-18-22-23-19(25-18)14-24-17-7-5-4-6-8-17/h4-12,21H,13-14H2,1-3H3. The zero-order valence-corrected chi connectivity index (χ0v) is 14.8. The Morgan fingerprint density at radius 3 is 2.28 bits per heavy atom. The molecule has 0 saturated heterocycles. The summed E-state index contributed by atoms with van der Waals surface area (Å²) in [7, 11) is 0. The first-order valence-electron chi connectivity index (χ1n) is 8.34. The van der Waals surface area contributed by atoms with Crippen molar-refractivity contribution in [1.29, 1.82) is 0 Å². The second-order valence-corrected chi connectivity index (χ2v) is 6.87. The van der Waals surface area contributed by atoms with Crippen LogP contribution in [0.3, 0.4) is 0 Å². The summed E-state index contributed by atoms with van der Waals surface area (Å²) >= 11 is 0. The second kappa shape index (κ2) is 7.38. The van der Waals surface area contributed by atoms with E-state index in [-0.39, 0.29) is 12.0 Å². The first-order chi connectivity index (χ1) is 12.0. The predicted octanol–water partition coefficient (Wildman–Crippen LogP) is 4.56. The predicted molar refractivity (Wildman–Crippen MR) is 97.5 cm³/mol. The topological polar surface area (TPSA) is 60.2 Å². The van der Waals surface area contributed by atoms with Crippen LogP contribution < -0.4 is 10.1 Å². The zero-order valence-electron chi connectivity index (χ0n) is 14.8. The van der Waals surface area contributed by atoms with Gasteiger partial charge in [-0.2, -0.15) is 0 Å². The molecule has 2 aromatic carbocycles. The molecule has 0 amide bonds. The van der Waals surface area contributed by atoms with Gasteiger partial charge in [-0.1, -0.05) is 51.1 Å². The minimum Gasteiger partial charge on any atom is -0.484 e. The van der Waals surface area contributed by atoms with Gasteiger partial charge in [0.05, 0.1) is 6.54 Å². The van der Waals surface area contributed by atoms with Crippen LogP contribution in [0, 0.1) is 0 Å². The van der Waals surface area contributed by atoms with Crippen LogP contribution in [0.2, 0.25) is 0 Å². The second-order valence-electron chi connectivity index (χ2n) is 6.87. The summed E-state index contributed by atoms with van der Waals surface area (Å²) in [5.74, 6) is 1.77. The molecule has 5 nitrogen and oxygen atoms in total. The Kier molecular flexibility index (Phi) is 5.03. The van der Waals surface area contributed by atoms with E-state index in [1.54, 1.807) is 0 Å². The van der Waals surface area contributed by atoms with Crippen LogP contribution in [-0.2, 0) is 18.6 Å². The molecule has 0 aliphatic heterocycles. The zero-order chi connectivity index (χ0) is 17.7. The number of para-hydroxylation sites is 1. The molecule has 0 spiro atoms. The van der Waals surface area contributed by atoms with Crippen molar-refractivity contribution in [2.75, 3.05) is 5.32 Å². The van der Waals surface area contributed by atoms with E-state index in [1.165, 1.54) is 5.56 Å². The third kappa shape index (κ3) is 4.83. The van der Waals surface area contributed by atoms with Gasteiger partial charge in [0, 0.05) is 5.69 Å². The number of rotatable bonds is 6. The van der Waals surface area contributed by atoms with Crippen molar-refractivity contribution in [2.45, 2.75) is 39.3 Å². The van der Waals surface area contributed by atoms with Crippen molar-refractivity contribution in [3.8, 4) is 5.75 Å². The molecule has 0 bridgehead atoms. The quantitative estimate of drug-likeness (QED) is 0.714. The van der Waals surface area contributed by atoms with Gasteiger partial charge in [0.15, 0.2) is 6.61 Å². The molecule has 0 fully saturated rings. The molecule has 25 heavy (non-hydrogen) atoms. The highest BCUT2D eigenvalue weighted by molar-refractivity contribution is 5.45. The molecule has 3 aromatic rings. The van der Waals surface area contributed by atoms with Gasteiger partial charge in [0.2, 0.25) is 5.89 Å². The summed E-state index contributed by atoms with van der Waals surface area (Å²) in [5.41, 5.74) is 2.48. The Bertz CT molecular complexity index is 790. The molecule has 1 N–H and O–H groups in total. The molecule has 1 heterocycles.